The highest BCUT2D eigenvalue weighted by Crippen LogP contribution is 2.36. The summed E-state index contributed by atoms with van der Waals surface area (Å²) in [4.78, 5) is 19.8. The Labute approximate surface area is 117 Å². The summed E-state index contributed by atoms with van der Waals surface area (Å²) in [5.74, 6) is -0.369. The number of carbonyl (C=O) groups is 1. The van der Waals surface area contributed by atoms with Gasteiger partial charge in [-0.2, -0.15) is 0 Å². The normalized spacial score (nSPS) is 28.1. The van der Waals surface area contributed by atoms with Crippen molar-refractivity contribution in [1.29, 1.82) is 0 Å². The van der Waals surface area contributed by atoms with Crippen molar-refractivity contribution in [2.75, 3.05) is 5.32 Å². The summed E-state index contributed by atoms with van der Waals surface area (Å²) < 4.78 is 5.77. The SMILES string of the molecule is CC(C)c1ncc(NC2CC3CCC2O3)c(C(=O)O)n1. The van der Waals surface area contributed by atoms with E-state index >= 15 is 0 Å². The van der Waals surface area contributed by atoms with Crippen molar-refractivity contribution in [2.24, 2.45) is 0 Å². The van der Waals surface area contributed by atoms with Gasteiger partial charge < -0.3 is 15.2 Å². The molecule has 0 saturated carbocycles. The number of rotatable bonds is 4. The van der Waals surface area contributed by atoms with Crippen molar-refractivity contribution < 1.29 is 14.6 Å². The van der Waals surface area contributed by atoms with Crippen LogP contribution in [0.25, 0.3) is 0 Å². The Morgan fingerprint density at radius 2 is 2.30 bits per heavy atom. The van der Waals surface area contributed by atoms with Gasteiger partial charge in [0.1, 0.15) is 5.82 Å². The van der Waals surface area contributed by atoms with E-state index in [1.165, 1.54) is 0 Å². The minimum atomic E-state index is -1.03. The molecule has 0 aliphatic carbocycles. The number of aromatic nitrogens is 2. The third-order valence-corrected chi connectivity index (χ3v) is 3.97. The summed E-state index contributed by atoms with van der Waals surface area (Å²) in [6.45, 7) is 3.88. The Morgan fingerprint density at radius 3 is 2.85 bits per heavy atom. The first-order chi connectivity index (χ1) is 9.54. The van der Waals surface area contributed by atoms with Crippen LogP contribution in [0.5, 0.6) is 0 Å². The van der Waals surface area contributed by atoms with Crippen molar-refractivity contribution in [3.63, 3.8) is 0 Å². The fourth-order valence-corrected chi connectivity index (χ4v) is 2.93. The predicted octanol–water partition coefficient (Wildman–Crippen LogP) is 2.03. The molecule has 2 fully saturated rings. The highest BCUT2D eigenvalue weighted by Gasteiger charge is 2.41. The van der Waals surface area contributed by atoms with Gasteiger partial charge in [0.25, 0.3) is 0 Å². The molecule has 3 atom stereocenters. The molecule has 6 heteroatoms. The summed E-state index contributed by atoms with van der Waals surface area (Å²) in [6.07, 6.45) is 5.16. The van der Waals surface area contributed by atoms with E-state index in [2.05, 4.69) is 15.3 Å². The third-order valence-electron chi connectivity index (χ3n) is 3.97. The fraction of sp³-hybridized carbons (Fsp3) is 0.643. The number of nitrogens with one attached hydrogen (secondary N) is 1. The van der Waals surface area contributed by atoms with E-state index in [1.807, 2.05) is 13.8 Å². The molecule has 2 saturated heterocycles. The van der Waals surface area contributed by atoms with Crippen LogP contribution in [-0.2, 0) is 4.74 Å². The molecule has 1 aromatic rings. The van der Waals surface area contributed by atoms with Crippen molar-refractivity contribution >= 4 is 11.7 Å². The maximum atomic E-state index is 11.4. The smallest absolute Gasteiger partial charge is 0.356 e. The van der Waals surface area contributed by atoms with Crippen LogP contribution in [-0.4, -0.2) is 39.3 Å². The van der Waals surface area contributed by atoms with Crippen LogP contribution in [0, 0.1) is 0 Å². The van der Waals surface area contributed by atoms with Gasteiger partial charge >= 0.3 is 5.97 Å². The van der Waals surface area contributed by atoms with Crippen LogP contribution in [0.3, 0.4) is 0 Å². The van der Waals surface area contributed by atoms with Gasteiger partial charge in [-0.1, -0.05) is 13.8 Å². The number of hydrogen-bond donors (Lipinski definition) is 2. The summed E-state index contributed by atoms with van der Waals surface area (Å²) in [7, 11) is 0. The van der Waals surface area contributed by atoms with Gasteiger partial charge in [-0.05, 0) is 19.3 Å². The first-order valence-corrected chi connectivity index (χ1v) is 7.07. The average molecular weight is 277 g/mol. The first kappa shape index (κ1) is 13.3. The van der Waals surface area contributed by atoms with Gasteiger partial charge in [0.15, 0.2) is 5.69 Å². The zero-order chi connectivity index (χ0) is 14.3. The standard InChI is InChI=1S/C14H19N3O3/c1-7(2)13-15-6-10(12(17-13)14(18)19)16-9-5-8-3-4-11(9)20-8/h6-9,11,16H,3-5H2,1-2H3,(H,18,19). The Morgan fingerprint density at radius 1 is 1.50 bits per heavy atom. The monoisotopic (exact) mass is 277 g/mol. The lowest BCUT2D eigenvalue weighted by Gasteiger charge is -2.22. The van der Waals surface area contributed by atoms with E-state index in [9.17, 15) is 9.90 Å². The maximum absolute atomic E-state index is 11.4. The molecular weight excluding hydrogens is 258 g/mol. The van der Waals surface area contributed by atoms with Gasteiger partial charge in [0, 0.05) is 5.92 Å². The van der Waals surface area contributed by atoms with Crippen molar-refractivity contribution in [3.05, 3.63) is 17.7 Å². The summed E-state index contributed by atoms with van der Waals surface area (Å²) in [6, 6.07) is 0.167. The lowest BCUT2D eigenvalue weighted by atomic mass is 9.95. The number of nitrogens with zero attached hydrogens (tertiary/aromatic N) is 2. The molecule has 108 valence electrons. The third kappa shape index (κ3) is 2.35. The molecule has 2 aliphatic rings. The minimum Gasteiger partial charge on any atom is -0.476 e. The van der Waals surface area contributed by atoms with Gasteiger partial charge in [0.2, 0.25) is 0 Å². The molecule has 0 radical (unpaired) electrons. The van der Waals surface area contributed by atoms with E-state index in [0.717, 1.165) is 19.3 Å². The molecule has 20 heavy (non-hydrogen) atoms. The van der Waals surface area contributed by atoms with Crippen LogP contribution in [0.2, 0.25) is 0 Å². The van der Waals surface area contributed by atoms with E-state index in [4.69, 9.17) is 4.74 Å². The Hall–Kier alpha value is -1.69. The highest BCUT2D eigenvalue weighted by molar-refractivity contribution is 5.91. The second kappa shape index (κ2) is 5.01. The molecule has 0 aromatic carbocycles. The predicted molar refractivity (Wildman–Crippen MR) is 73.0 cm³/mol. The number of carboxylic acid groups (broad SMARTS) is 1. The lowest BCUT2D eigenvalue weighted by Crippen LogP contribution is -2.31. The van der Waals surface area contributed by atoms with Crippen molar-refractivity contribution in [1.82, 2.24) is 9.97 Å². The van der Waals surface area contributed by atoms with Gasteiger partial charge in [-0.3, -0.25) is 0 Å². The molecule has 6 nitrogen and oxygen atoms in total. The fourth-order valence-electron chi connectivity index (χ4n) is 2.93. The quantitative estimate of drug-likeness (QED) is 0.876. The molecule has 3 rings (SSSR count). The largest absolute Gasteiger partial charge is 0.476 e. The number of aromatic carboxylic acids is 1. The van der Waals surface area contributed by atoms with Crippen LogP contribution in [0.15, 0.2) is 6.20 Å². The van der Waals surface area contributed by atoms with E-state index in [-0.39, 0.29) is 23.8 Å². The van der Waals surface area contributed by atoms with Gasteiger partial charge in [-0.15, -0.1) is 0 Å². The van der Waals surface area contributed by atoms with Crippen molar-refractivity contribution in [3.8, 4) is 0 Å². The highest BCUT2D eigenvalue weighted by atomic mass is 16.5. The number of fused-ring (bicyclic) bond motifs is 2. The molecule has 3 unspecified atom stereocenters. The summed E-state index contributed by atoms with van der Waals surface area (Å²) >= 11 is 0. The second-order valence-electron chi connectivity index (χ2n) is 5.81. The number of hydrogen-bond acceptors (Lipinski definition) is 5. The average Bonchev–Trinajstić information content (AvgIpc) is 3.01. The number of carboxylic acids is 1. The van der Waals surface area contributed by atoms with E-state index in [0.29, 0.717) is 17.6 Å². The molecular formula is C14H19N3O3. The van der Waals surface area contributed by atoms with E-state index in [1.54, 1.807) is 6.20 Å². The summed E-state index contributed by atoms with van der Waals surface area (Å²) in [5.41, 5.74) is 0.537. The van der Waals surface area contributed by atoms with Crippen LogP contribution in [0.1, 0.15) is 55.3 Å². The van der Waals surface area contributed by atoms with Gasteiger partial charge in [-0.25, -0.2) is 14.8 Å². The summed E-state index contributed by atoms with van der Waals surface area (Å²) in [5, 5.41) is 12.6. The van der Waals surface area contributed by atoms with Crippen molar-refractivity contribution in [2.45, 2.75) is 57.3 Å². The Bertz CT molecular complexity index is 532. The molecule has 3 heterocycles. The lowest BCUT2D eigenvalue weighted by molar-refractivity contribution is 0.0690. The Kier molecular flexibility index (Phi) is 3.33. The molecule has 0 spiro atoms. The minimum absolute atomic E-state index is 0.0477. The molecule has 2 bridgehead atoms. The first-order valence-electron chi connectivity index (χ1n) is 7.07. The molecule has 1 aromatic heterocycles. The van der Waals surface area contributed by atoms with E-state index < -0.39 is 5.97 Å². The topological polar surface area (TPSA) is 84.3 Å². The number of anilines is 1. The molecule has 0 amide bonds. The van der Waals surface area contributed by atoms with Crippen LogP contribution in [0.4, 0.5) is 5.69 Å². The number of ether oxygens (including phenoxy) is 1. The van der Waals surface area contributed by atoms with Crippen LogP contribution < -0.4 is 5.32 Å². The second-order valence-corrected chi connectivity index (χ2v) is 5.81. The molecule has 2 N–H and O–H groups in total. The molecule has 2 aliphatic heterocycles. The Balaban J connectivity index is 1.83. The maximum Gasteiger partial charge on any atom is 0.356 e. The van der Waals surface area contributed by atoms with Crippen LogP contribution >= 0.6 is 0 Å². The van der Waals surface area contributed by atoms with Gasteiger partial charge in [0.05, 0.1) is 30.1 Å². The zero-order valence-corrected chi connectivity index (χ0v) is 11.7. The zero-order valence-electron chi connectivity index (χ0n) is 11.7.